The first-order valence-corrected chi connectivity index (χ1v) is 4.64. The molecule has 1 rings (SSSR count). The second kappa shape index (κ2) is 3.06. The molecule has 0 aromatic carbocycles. The lowest BCUT2D eigenvalue weighted by atomic mass is 9.69. The Kier molecular flexibility index (Phi) is 2.44. The first-order chi connectivity index (χ1) is 5.54. The molecule has 0 aromatic rings. The fraction of sp³-hybridized carbons (Fsp3) is 0.900. The van der Waals surface area contributed by atoms with Crippen LogP contribution in [-0.4, -0.2) is 12.6 Å². The Morgan fingerprint density at radius 1 is 1.33 bits per heavy atom. The third kappa shape index (κ3) is 1.78. The highest BCUT2D eigenvalue weighted by Gasteiger charge is 2.38. The van der Waals surface area contributed by atoms with Crippen LogP contribution in [0.2, 0.25) is 0 Å². The summed E-state index contributed by atoms with van der Waals surface area (Å²) in [6, 6.07) is 2.41. The quantitative estimate of drug-likeness (QED) is 0.647. The van der Waals surface area contributed by atoms with Gasteiger partial charge in [-0.05, 0) is 31.7 Å². The molecular weight excluding hydrogens is 148 g/mol. The topological polar surface area (TPSA) is 35.8 Å². The molecule has 2 nitrogen and oxygen atoms in total. The average molecular weight is 166 g/mol. The molecule has 2 heteroatoms. The van der Waals surface area contributed by atoms with Crippen LogP contribution in [0.1, 0.15) is 39.5 Å². The maximum absolute atomic E-state index is 9.06. The highest BCUT2D eigenvalue weighted by Crippen LogP contribution is 2.40. The summed E-state index contributed by atoms with van der Waals surface area (Å²) in [5.74, 6) is 0. The van der Waals surface area contributed by atoms with Crippen molar-refractivity contribution in [1.82, 2.24) is 5.32 Å². The van der Waals surface area contributed by atoms with Crippen LogP contribution in [0.25, 0.3) is 0 Å². The molecule has 1 aliphatic carbocycles. The van der Waals surface area contributed by atoms with E-state index in [9.17, 15) is 0 Å². The number of nitrogens with zero attached hydrogens (tertiary/aromatic N) is 1. The Labute approximate surface area is 75.0 Å². The molecule has 0 saturated heterocycles. The van der Waals surface area contributed by atoms with Crippen LogP contribution >= 0.6 is 0 Å². The van der Waals surface area contributed by atoms with Crippen molar-refractivity contribution in [3.8, 4) is 6.07 Å². The van der Waals surface area contributed by atoms with Gasteiger partial charge in [-0.25, -0.2) is 0 Å². The molecular formula is C10H18N2. The van der Waals surface area contributed by atoms with Crippen LogP contribution in [0.15, 0.2) is 0 Å². The molecule has 1 saturated carbocycles. The van der Waals surface area contributed by atoms with E-state index in [1.165, 1.54) is 12.8 Å². The van der Waals surface area contributed by atoms with Gasteiger partial charge in [-0.3, -0.25) is 0 Å². The number of nitrogens with one attached hydrogen (secondary N) is 1. The number of hydrogen-bond acceptors (Lipinski definition) is 2. The van der Waals surface area contributed by atoms with Crippen LogP contribution < -0.4 is 5.32 Å². The van der Waals surface area contributed by atoms with E-state index in [4.69, 9.17) is 5.26 Å². The summed E-state index contributed by atoms with van der Waals surface area (Å²) in [5, 5.41) is 12.2. The zero-order chi connectivity index (χ0) is 9.24. The maximum Gasteiger partial charge on any atom is 0.107 e. The zero-order valence-electron chi connectivity index (χ0n) is 8.28. The minimum atomic E-state index is -0.248. The van der Waals surface area contributed by atoms with Crippen LogP contribution in [0.3, 0.4) is 0 Å². The number of rotatable bonds is 1. The zero-order valence-corrected chi connectivity index (χ0v) is 8.28. The molecule has 12 heavy (non-hydrogen) atoms. The lowest BCUT2D eigenvalue weighted by Gasteiger charge is -2.40. The Hall–Kier alpha value is -0.550. The summed E-state index contributed by atoms with van der Waals surface area (Å²) in [6.07, 6.45) is 4.40. The molecule has 1 fully saturated rings. The van der Waals surface area contributed by atoms with Crippen molar-refractivity contribution >= 4 is 0 Å². The largest absolute Gasteiger partial charge is 0.302 e. The van der Waals surface area contributed by atoms with Crippen LogP contribution in [0, 0.1) is 16.7 Å². The average Bonchev–Trinajstić information content (AvgIpc) is 2.02. The molecule has 68 valence electrons. The van der Waals surface area contributed by atoms with Crippen molar-refractivity contribution in [2.24, 2.45) is 5.41 Å². The van der Waals surface area contributed by atoms with Crippen molar-refractivity contribution in [1.29, 1.82) is 5.26 Å². The minimum Gasteiger partial charge on any atom is -0.302 e. The lowest BCUT2D eigenvalue weighted by molar-refractivity contribution is 0.164. The normalized spacial score (nSPS) is 34.2. The summed E-state index contributed by atoms with van der Waals surface area (Å²) < 4.78 is 0. The van der Waals surface area contributed by atoms with Crippen LogP contribution in [0.4, 0.5) is 0 Å². The highest BCUT2D eigenvalue weighted by atomic mass is 14.9. The molecule has 0 spiro atoms. The predicted molar refractivity (Wildman–Crippen MR) is 49.7 cm³/mol. The molecule has 1 unspecified atom stereocenters. The molecule has 0 aliphatic heterocycles. The standard InChI is InChI=1S/C10H18N2/c1-9(2)5-4-6-10(7-9,8-11)12-3/h12H,4-7H2,1-3H3. The van der Waals surface area contributed by atoms with Gasteiger partial charge in [0.1, 0.15) is 5.54 Å². The van der Waals surface area contributed by atoms with Gasteiger partial charge in [0.25, 0.3) is 0 Å². The third-order valence-electron chi connectivity index (χ3n) is 2.93. The fourth-order valence-corrected chi connectivity index (χ4v) is 2.23. The van der Waals surface area contributed by atoms with E-state index in [1.807, 2.05) is 7.05 Å². The van der Waals surface area contributed by atoms with Gasteiger partial charge in [-0.15, -0.1) is 0 Å². The number of nitriles is 1. The Morgan fingerprint density at radius 2 is 2.00 bits per heavy atom. The van der Waals surface area contributed by atoms with E-state index in [0.29, 0.717) is 5.41 Å². The summed E-state index contributed by atoms with van der Waals surface area (Å²) in [7, 11) is 1.89. The minimum absolute atomic E-state index is 0.248. The van der Waals surface area contributed by atoms with E-state index >= 15 is 0 Å². The molecule has 0 amide bonds. The second-order valence-corrected chi connectivity index (χ2v) is 4.64. The first-order valence-electron chi connectivity index (χ1n) is 4.64. The van der Waals surface area contributed by atoms with Crippen molar-refractivity contribution in [3.05, 3.63) is 0 Å². The van der Waals surface area contributed by atoms with Gasteiger partial charge in [-0.2, -0.15) is 5.26 Å². The molecule has 0 bridgehead atoms. The number of hydrogen-bond donors (Lipinski definition) is 1. The molecule has 0 aromatic heterocycles. The van der Waals surface area contributed by atoms with Gasteiger partial charge in [0.05, 0.1) is 6.07 Å². The molecule has 0 radical (unpaired) electrons. The van der Waals surface area contributed by atoms with Gasteiger partial charge < -0.3 is 5.32 Å². The van der Waals surface area contributed by atoms with Gasteiger partial charge >= 0.3 is 0 Å². The summed E-state index contributed by atoms with van der Waals surface area (Å²) in [5.41, 5.74) is 0.0821. The van der Waals surface area contributed by atoms with Crippen LogP contribution in [0.5, 0.6) is 0 Å². The van der Waals surface area contributed by atoms with Crippen LogP contribution in [-0.2, 0) is 0 Å². The van der Waals surface area contributed by atoms with Gasteiger partial charge in [0.15, 0.2) is 0 Å². The van der Waals surface area contributed by atoms with E-state index in [2.05, 4.69) is 25.2 Å². The fourth-order valence-electron chi connectivity index (χ4n) is 2.23. The van der Waals surface area contributed by atoms with Crippen molar-refractivity contribution in [2.45, 2.75) is 45.1 Å². The third-order valence-corrected chi connectivity index (χ3v) is 2.93. The maximum atomic E-state index is 9.06. The Balaban J connectivity index is 2.74. The molecule has 1 atom stereocenters. The SMILES string of the molecule is CNC1(C#N)CCCC(C)(C)C1. The predicted octanol–water partition coefficient (Wildman–Crippen LogP) is 2.07. The van der Waals surface area contributed by atoms with Gasteiger partial charge in [0, 0.05) is 0 Å². The molecule has 0 heterocycles. The van der Waals surface area contributed by atoms with Gasteiger partial charge in [0.2, 0.25) is 0 Å². The summed E-state index contributed by atoms with van der Waals surface area (Å²) in [4.78, 5) is 0. The Morgan fingerprint density at radius 3 is 2.33 bits per heavy atom. The van der Waals surface area contributed by atoms with E-state index in [-0.39, 0.29) is 5.54 Å². The monoisotopic (exact) mass is 166 g/mol. The van der Waals surface area contributed by atoms with E-state index in [1.54, 1.807) is 0 Å². The van der Waals surface area contributed by atoms with E-state index < -0.39 is 0 Å². The van der Waals surface area contributed by atoms with Crippen molar-refractivity contribution in [2.75, 3.05) is 7.05 Å². The van der Waals surface area contributed by atoms with Crippen molar-refractivity contribution in [3.63, 3.8) is 0 Å². The second-order valence-electron chi connectivity index (χ2n) is 4.64. The molecule has 1 aliphatic rings. The summed E-state index contributed by atoms with van der Waals surface area (Å²) in [6.45, 7) is 4.49. The lowest BCUT2D eigenvalue weighted by Crippen LogP contribution is -2.47. The summed E-state index contributed by atoms with van der Waals surface area (Å²) >= 11 is 0. The first kappa shape index (κ1) is 9.54. The van der Waals surface area contributed by atoms with E-state index in [0.717, 1.165) is 12.8 Å². The van der Waals surface area contributed by atoms with Crippen molar-refractivity contribution < 1.29 is 0 Å². The smallest absolute Gasteiger partial charge is 0.107 e. The Bertz CT molecular complexity index is 202. The molecule has 1 N–H and O–H groups in total. The van der Waals surface area contributed by atoms with Gasteiger partial charge in [-0.1, -0.05) is 20.3 Å². The highest BCUT2D eigenvalue weighted by molar-refractivity contribution is 5.10.